The third-order valence-corrected chi connectivity index (χ3v) is 6.17. The molecule has 3 aromatic rings. The summed E-state index contributed by atoms with van der Waals surface area (Å²) < 4.78 is 68.4. The van der Waals surface area contributed by atoms with E-state index >= 15 is 0 Å². The van der Waals surface area contributed by atoms with Crippen LogP contribution in [0.2, 0.25) is 0 Å². The Bertz CT molecular complexity index is 1020. The number of anilines is 1. The molecule has 0 saturated carbocycles. The Labute approximate surface area is 156 Å². The van der Waals surface area contributed by atoms with Crippen LogP contribution in [0.5, 0.6) is 0 Å². The van der Waals surface area contributed by atoms with Gasteiger partial charge < -0.3 is 4.42 Å². The highest BCUT2D eigenvalue weighted by atomic mass is 32.2. The van der Waals surface area contributed by atoms with Gasteiger partial charge in [0, 0.05) is 0 Å². The molecule has 0 aliphatic heterocycles. The molecule has 0 saturated heterocycles. The molecule has 0 fully saturated rings. The molecule has 2 aromatic heterocycles. The van der Waals surface area contributed by atoms with E-state index in [0.29, 0.717) is 10.7 Å². The van der Waals surface area contributed by atoms with Crippen LogP contribution in [0.1, 0.15) is 17.8 Å². The van der Waals surface area contributed by atoms with Crippen LogP contribution in [-0.2, 0) is 22.7 Å². The Hall–Kier alpha value is -2.47. The predicted octanol–water partition coefficient (Wildman–Crippen LogP) is 3.57. The summed E-state index contributed by atoms with van der Waals surface area (Å²) in [5, 5.41) is 6.71. The lowest BCUT2D eigenvalue weighted by atomic mass is 10.3. The summed E-state index contributed by atoms with van der Waals surface area (Å²) in [4.78, 5) is 4.30. The van der Waals surface area contributed by atoms with E-state index in [-0.39, 0.29) is 23.1 Å². The van der Waals surface area contributed by atoms with Crippen LogP contribution in [0, 0.1) is 0 Å². The van der Waals surface area contributed by atoms with Crippen LogP contribution in [0.25, 0.3) is 10.8 Å². The molecule has 0 bridgehead atoms. The molecule has 27 heavy (non-hydrogen) atoms. The van der Waals surface area contributed by atoms with E-state index in [0.717, 1.165) is 11.3 Å². The maximum atomic E-state index is 12.6. The van der Waals surface area contributed by atoms with Crippen molar-refractivity contribution in [2.24, 2.45) is 0 Å². The number of para-hydroxylation sites is 1. The first-order valence-electron chi connectivity index (χ1n) is 7.62. The lowest BCUT2D eigenvalue weighted by molar-refractivity contribution is -0.156. The summed E-state index contributed by atoms with van der Waals surface area (Å²) in [5.74, 6) is -1.89. The van der Waals surface area contributed by atoms with Crippen LogP contribution in [-0.4, -0.2) is 29.4 Å². The van der Waals surface area contributed by atoms with E-state index in [9.17, 15) is 21.6 Å². The lowest BCUT2D eigenvalue weighted by Gasteiger charge is -2.22. The van der Waals surface area contributed by atoms with Crippen LogP contribution < -0.4 is 4.31 Å². The van der Waals surface area contributed by atoms with E-state index in [4.69, 9.17) is 0 Å². The van der Waals surface area contributed by atoms with Crippen LogP contribution in [0.3, 0.4) is 0 Å². The summed E-state index contributed by atoms with van der Waals surface area (Å²) in [6.07, 6.45) is -3.46. The second-order valence-corrected chi connectivity index (χ2v) is 8.57. The maximum absolute atomic E-state index is 12.6. The van der Waals surface area contributed by atoms with Crippen molar-refractivity contribution >= 4 is 27.0 Å². The van der Waals surface area contributed by atoms with Gasteiger partial charge in [-0.25, -0.2) is 13.4 Å². The average molecular weight is 418 g/mol. The summed E-state index contributed by atoms with van der Waals surface area (Å²) in [6.45, 7) is 1.46. The number of aromatic nitrogens is 3. The molecule has 12 heteroatoms. The molecule has 0 amide bonds. The molecule has 144 valence electrons. The monoisotopic (exact) mass is 418 g/mol. The second-order valence-electron chi connectivity index (χ2n) is 5.27. The number of thiazole rings is 1. The summed E-state index contributed by atoms with van der Waals surface area (Å²) in [7, 11) is -3.58. The van der Waals surface area contributed by atoms with E-state index in [1.807, 2.05) is 0 Å². The zero-order chi connectivity index (χ0) is 19.7. The zero-order valence-corrected chi connectivity index (χ0v) is 15.5. The summed E-state index contributed by atoms with van der Waals surface area (Å²) >= 11 is 0.979. The molecule has 0 unspecified atom stereocenters. The molecule has 2 heterocycles. The molecule has 0 atom stereocenters. The fourth-order valence-electron chi connectivity index (χ4n) is 2.14. The molecule has 0 N–H and O–H groups in total. The van der Waals surface area contributed by atoms with Crippen molar-refractivity contribution in [2.75, 3.05) is 10.1 Å². The van der Waals surface area contributed by atoms with Crippen molar-refractivity contribution in [3.8, 4) is 10.8 Å². The first-order chi connectivity index (χ1) is 12.7. The van der Waals surface area contributed by atoms with E-state index < -0.39 is 22.1 Å². The number of hydrogen-bond acceptors (Lipinski definition) is 7. The number of alkyl halides is 3. The molecule has 1 aromatic carbocycles. The van der Waals surface area contributed by atoms with Gasteiger partial charge in [0.15, 0.2) is 0 Å². The number of nitrogens with zero attached hydrogens (tertiary/aromatic N) is 4. The molecular weight excluding hydrogens is 405 g/mol. The normalized spacial score (nSPS) is 12.3. The Balaban J connectivity index is 1.88. The van der Waals surface area contributed by atoms with Crippen LogP contribution >= 0.6 is 11.3 Å². The third kappa shape index (κ3) is 4.27. The third-order valence-electron chi connectivity index (χ3n) is 3.46. The molecule has 3 rings (SSSR count). The highest BCUT2D eigenvalue weighted by Gasteiger charge is 2.38. The van der Waals surface area contributed by atoms with Crippen molar-refractivity contribution < 1.29 is 26.0 Å². The maximum Gasteiger partial charge on any atom is 0.470 e. The first-order valence-corrected chi connectivity index (χ1v) is 10.0. The van der Waals surface area contributed by atoms with Crippen LogP contribution in [0.4, 0.5) is 18.9 Å². The quantitative estimate of drug-likeness (QED) is 0.608. The lowest BCUT2D eigenvalue weighted by Crippen LogP contribution is -2.31. The zero-order valence-electron chi connectivity index (χ0n) is 13.8. The Morgan fingerprint density at radius 3 is 2.48 bits per heavy atom. The minimum atomic E-state index is -4.74. The SMILES string of the molecule is CCS(=O)(=O)N(Cc1ncc(-c2nnc(C(F)(F)F)o2)s1)c1ccccc1. The highest BCUT2D eigenvalue weighted by Crippen LogP contribution is 2.32. The van der Waals surface area contributed by atoms with Gasteiger partial charge in [0.1, 0.15) is 9.88 Å². The fraction of sp³-hybridized carbons (Fsp3) is 0.267. The molecular formula is C15H13F3N4O3S2. The first kappa shape index (κ1) is 19.3. The number of halogens is 3. The van der Waals surface area contributed by atoms with Gasteiger partial charge in [0.2, 0.25) is 10.0 Å². The van der Waals surface area contributed by atoms with E-state index in [1.165, 1.54) is 17.4 Å². The Kier molecular flexibility index (Phi) is 5.20. The largest absolute Gasteiger partial charge is 0.470 e. The fourth-order valence-corrected chi connectivity index (χ4v) is 4.13. The molecule has 0 spiro atoms. The second kappa shape index (κ2) is 7.27. The number of sulfonamides is 1. The van der Waals surface area contributed by atoms with Crippen molar-refractivity contribution in [1.29, 1.82) is 0 Å². The van der Waals surface area contributed by atoms with Gasteiger partial charge in [0.05, 0.1) is 24.2 Å². The van der Waals surface area contributed by atoms with Crippen molar-refractivity contribution in [1.82, 2.24) is 15.2 Å². The van der Waals surface area contributed by atoms with E-state index in [1.54, 1.807) is 30.3 Å². The molecule has 7 nitrogen and oxygen atoms in total. The molecule has 0 aliphatic rings. The number of benzene rings is 1. The topological polar surface area (TPSA) is 89.2 Å². The highest BCUT2D eigenvalue weighted by molar-refractivity contribution is 7.92. The van der Waals surface area contributed by atoms with E-state index in [2.05, 4.69) is 19.6 Å². The van der Waals surface area contributed by atoms with Crippen molar-refractivity contribution in [3.05, 3.63) is 47.4 Å². The van der Waals surface area contributed by atoms with Gasteiger partial charge in [-0.1, -0.05) is 18.2 Å². The minimum absolute atomic E-state index is 0.0644. The van der Waals surface area contributed by atoms with Crippen LogP contribution in [0.15, 0.2) is 40.9 Å². The average Bonchev–Trinajstić information content (AvgIpc) is 3.29. The van der Waals surface area contributed by atoms with Gasteiger partial charge in [-0.2, -0.15) is 13.2 Å². The summed E-state index contributed by atoms with van der Waals surface area (Å²) in [5.41, 5.74) is 0.466. The van der Waals surface area contributed by atoms with Crippen molar-refractivity contribution in [2.45, 2.75) is 19.6 Å². The smallest absolute Gasteiger partial charge is 0.412 e. The molecule has 0 aliphatic carbocycles. The van der Waals surface area contributed by atoms with Crippen molar-refractivity contribution in [3.63, 3.8) is 0 Å². The predicted molar refractivity (Wildman–Crippen MR) is 92.5 cm³/mol. The number of hydrogen-bond donors (Lipinski definition) is 0. The van der Waals surface area contributed by atoms with Gasteiger partial charge in [-0.05, 0) is 19.1 Å². The Morgan fingerprint density at radius 1 is 1.19 bits per heavy atom. The Morgan fingerprint density at radius 2 is 1.89 bits per heavy atom. The minimum Gasteiger partial charge on any atom is -0.412 e. The van der Waals surface area contributed by atoms with Gasteiger partial charge in [-0.3, -0.25) is 4.31 Å². The van der Waals surface area contributed by atoms with Gasteiger partial charge in [-0.15, -0.1) is 21.5 Å². The molecule has 0 radical (unpaired) electrons. The van der Waals surface area contributed by atoms with Gasteiger partial charge in [0.25, 0.3) is 5.89 Å². The van der Waals surface area contributed by atoms with Gasteiger partial charge >= 0.3 is 12.1 Å². The summed E-state index contributed by atoms with van der Waals surface area (Å²) in [6, 6.07) is 8.47. The standard InChI is InChI=1S/C15H13F3N4O3S2/c1-2-27(23,24)22(10-6-4-3-5-7-10)9-12-19-8-11(26-12)13-20-21-14(25-13)15(16,17)18/h3-8H,2,9H2,1H3. The number of rotatable bonds is 6.